The van der Waals surface area contributed by atoms with Crippen LogP contribution in [0.4, 0.5) is 11.6 Å². The number of anilines is 2. The van der Waals surface area contributed by atoms with E-state index in [9.17, 15) is 9.59 Å². The molecule has 2 aromatic rings. The highest BCUT2D eigenvalue weighted by Gasteiger charge is 2.26. The lowest BCUT2D eigenvalue weighted by Crippen LogP contribution is -2.35. The fourth-order valence-electron chi connectivity index (χ4n) is 2.69. The van der Waals surface area contributed by atoms with E-state index in [0.717, 1.165) is 18.5 Å². The summed E-state index contributed by atoms with van der Waals surface area (Å²) in [5.74, 6) is 0.0268. The molecule has 0 fully saturated rings. The Labute approximate surface area is 140 Å². The second kappa shape index (κ2) is 6.82. The molecule has 0 saturated carbocycles. The zero-order valence-corrected chi connectivity index (χ0v) is 14.0. The van der Waals surface area contributed by atoms with Crippen LogP contribution in [0.5, 0.6) is 0 Å². The average molecular weight is 327 g/mol. The molecule has 1 aliphatic heterocycles. The van der Waals surface area contributed by atoms with E-state index in [-0.39, 0.29) is 11.3 Å². The number of aromatic nitrogens is 3. The topological polar surface area (TPSA) is 80.1 Å². The fourth-order valence-corrected chi connectivity index (χ4v) is 2.69. The van der Waals surface area contributed by atoms with Crippen molar-refractivity contribution in [2.75, 3.05) is 18.0 Å². The van der Waals surface area contributed by atoms with E-state index < -0.39 is 5.91 Å². The maximum absolute atomic E-state index is 12.5. The zero-order chi connectivity index (χ0) is 17.1. The van der Waals surface area contributed by atoms with Crippen molar-refractivity contribution >= 4 is 17.5 Å². The highest BCUT2D eigenvalue weighted by atomic mass is 16.2. The number of aryl methyl sites for hydroxylation is 1. The molecular weight excluding hydrogens is 306 g/mol. The van der Waals surface area contributed by atoms with E-state index in [0.29, 0.717) is 25.6 Å². The van der Waals surface area contributed by atoms with Crippen LogP contribution in [-0.2, 0) is 6.54 Å². The summed E-state index contributed by atoms with van der Waals surface area (Å²) in [7, 11) is 0. The van der Waals surface area contributed by atoms with Crippen molar-refractivity contribution in [2.24, 2.45) is 0 Å². The molecule has 24 heavy (non-hydrogen) atoms. The molecule has 0 spiro atoms. The van der Waals surface area contributed by atoms with E-state index in [2.05, 4.69) is 15.5 Å². The van der Waals surface area contributed by atoms with Gasteiger partial charge in [-0.3, -0.25) is 14.2 Å². The number of carbonyl (C=O) groups is 1. The Morgan fingerprint density at radius 3 is 2.67 bits per heavy atom. The average Bonchev–Trinajstić information content (AvgIpc) is 3.01. The van der Waals surface area contributed by atoms with E-state index in [1.54, 1.807) is 0 Å². The summed E-state index contributed by atoms with van der Waals surface area (Å²) in [6.07, 6.45) is 1.84. The largest absolute Gasteiger partial charge is 0.350 e. The standard InChI is InChI=1S/C17H21N5O2/c1-3-4-9-18-15(23)14-16(24)22-11-10-21(17(22)20-19-14)13-7-5-12(2)6-8-13/h5-8H,3-4,9-11H2,1-2H3,(H,18,23). The normalized spacial score (nSPS) is 13.0. The summed E-state index contributed by atoms with van der Waals surface area (Å²) < 4.78 is 1.52. The van der Waals surface area contributed by atoms with Gasteiger partial charge in [-0.25, -0.2) is 0 Å². The van der Waals surface area contributed by atoms with Gasteiger partial charge in [0.05, 0.1) is 0 Å². The minimum atomic E-state index is -0.454. The molecule has 0 saturated heterocycles. The van der Waals surface area contributed by atoms with Crippen LogP contribution in [0.3, 0.4) is 0 Å². The third kappa shape index (κ3) is 3.02. The van der Waals surface area contributed by atoms with Gasteiger partial charge in [0, 0.05) is 25.3 Å². The maximum atomic E-state index is 12.5. The number of carbonyl (C=O) groups excluding carboxylic acids is 1. The Morgan fingerprint density at radius 1 is 1.21 bits per heavy atom. The van der Waals surface area contributed by atoms with E-state index >= 15 is 0 Å². The number of rotatable bonds is 5. The molecular formula is C17H21N5O2. The summed E-state index contributed by atoms with van der Waals surface area (Å²) in [6.45, 7) is 5.72. The van der Waals surface area contributed by atoms with Gasteiger partial charge in [0.2, 0.25) is 11.6 Å². The molecule has 2 heterocycles. The molecule has 0 unspecified atom stereocenters. The Hall–Kier alpha value is -2.70. The molecule has 0 atom stereocenters. The smallest absolute Gasteiger partial charge is 0.286 e. The Balaban J connectivity index is 1.87. The fraction of sp³-hybridized carbons (Fsp3) is 0.412. The van der Waals surface area contributed by atoms with E-state index in [1.165, 1.54) is 10.1 Å². The molecule has 0 radical (unpaired) electrons. The van der Waals surface area contributed by atoms with Crippen molar-refractivity contribution in [3.63, 3.8) is 0 Å². The quantitative estimate of drug-likeness (QED) is 0.844. The predicted octanol–water partition coefficient (Wildman–Crippen LogP) is 1.63. The first-order valence-electron chi connectivity index (χ1n) is 8.21. The summed E-state index contributed by atoms with van der Waals surface area (Å²) in [4.78, 5) is 26.6. The third-order valence-corrected chi connectivity index (χ3v) is 4.09. The van der Waals surface area contributed by atoms with Crippen molar-refractivity contribution in [3.05, 3.63) is 45.9 Å². The predicted molar refractivity (Wildman–Crippen MR) is 91.7 cm³/mol. The lowest BCUT2D eigenvalue weighted by atomic mass is 10.2. The molecule has 0 bridgehead atoms. The van der Waals surface area contributed by atoms with Gasteiger partial charge in [0.25, 0.3) is 11.5 Å². The molecule has 1 N–H and O–H groups in total. The van der Waals surface area contributed by atoms with Gasteiger partial charge in [0.15, 0.2) is 0 Å². The number of benzene rings is 1. The first kappa shape index (κ1) is 16.2. The summed E-state index contributed by atoms with van der Waals surface area (Å²) >= 11 is 0. The minimum Gasteiger partial charge on any atom is -0.350 e. The minimum absolute atomic E-state index is 0.138. The third-order valence-electron chi connectivity index (χ3n) is 4.09. The number of nitrogens with one attached hydrogen (secondary N) is 1. The zero-order valence-electron chi connectivity index (χ0n) is 14.0. The van der Waals surface area contributed by atoms with Gasteiger partial charge in [0.1, 0.15) is 0 Å². The molecule has 1 aliphatic rings. The number of hydrogen-bond acceptors (Lipinski definition) is 5. The van der Waals surface area contributed by atoms with Crippen LogP contribution < -0.4 is 15.8 Å². The van der Waals surface area contributed by atoms with Crippen LogP contribution in [0.15, 0.2) is 29.1 Å². The molecule has 1 aromatic heterocycles. The first-order chi connectivity index (χ1) is 11.6. The van der Waals surface area contributed by atoms with Gasteiger partial charge in [-0.2, -0.15) is 0 Å². The number of hydrogen-bond donors (Lipinski definition) is 1. The van der Waals surface area contributed by atoms with Crippen LogP contribution in [-0.4, -0.2) is 33.8 Å². The molecule has 0 aliphatic carbocycles. The van der Waals surface area contributed by atoms with Gasteiger partial charge >= 0.3 is 0 Å². The maximum Gasteiger partial charge on any atom is 0.286 e. The molecule has 1 aromatic carbocycles. The molecule has 7 heteroatoms. The van der Waals surface area contributed by atoms with Crippen molar-refractivity contribution in [1.82, 2.24) is 20.1 Å². The Bertz CT molecular complexity index is 798. The monoisotopic (exact) mass is 327 g/mol. The highest BCUT2D eigenvalue weighted by molar-refractivity contribution is 5.91. The number of unbranched alkanes of at least 4 members (excludes halogenated alkanes) is 1. The lowest BCUT2D eigenvalue weighted by Gasteiger charge is -2.16. The van der Waals surface area contributed by atoms with Crippen LogP contribution in [0.25, 0.3) is 0 Å². The van der Waals surface area contributed by atoms with Crippen molar-refractivity contribution in [2.45, 2.75) is 33.2 Å². The number of nitrogens with zero attached hydrogens (tertiary/aromatic N) is 4. The van der Waals surface area contributed by atoms with E-state index in [1.807, 2.05) is 43.0 Å². The highest BCUT2D eigenvalue weighted by Crippen LogP contribution is 2.26. The summed E-state index contributed by atoms with van der Waals surface area (Å²) in [5.41, 5.74) is 1.60. The Kier molecular flexibility index (Phi) is 4.59. The Morgan fingerprint density at radius 2 is 1.96 bits per heavy atom. The first-order valence-corrected chi connectivity index (χ1v) is 8.21. The van der Waals surface area contributed by atoms with Crippen molar-refractivity contribution in [3.8, 4) is 0 Å². The van der Waals surface area contributed by atoms with Crippen LogP contribution >= 0.6 is 0 Å². The number of amides is 1. The van der Waals surface area contributed by atoms with Gasteiger partial charge in [-0.15, -0.1) is 10.2 Å². The molecule has 3 rings (SSSR count). The van der Waals surface area contributed by atoms with Crippen LogP contribution in [0.1, 0.15) is 35.8 Å². The van der Waals surface area contributed by atoms with Gasteiger partial charge in [-0.05, 0) is 25.5 Å². The van der Waals surface area contributed by atoms with Gasteiger partial charge < -0.3 is 10.2 Å². The molecule has 126 valence electrons. The van der Waals surface area contributed by atoms with Crippen molar-refractivity contribution < 1.29 is 4.79 Å². The SMILES string of the molecule is CCCCNC(=O)c1nnc2n(c1=O)CCN2c1ccc(C)cc1. The summed E-state index contributed by atoms with van der Waals surface area (Å²) in [6, 6.07) is 8.00. The van der Waals surface area contributed by atoms with Crippen LogP contribution in [0.2, 0.25) is 0 Å². The van der Waals surface area contributed by atoms with E-state index in [4.69, 9.17) is 0 Å². The second-order valence-corrected chi connectivity index (χ2v) is 5.90. The molecule has 7 nitrogen and oxygen atoms in total. The van der Waals surface area contributed by atoms with Crippen LogP contribution in [0, 0.1) is 6.92 Å². The van der Waals surface area contributed by atoms with Gasteiger partial charge in [-0.1, -0.05) is 31.0 Å². The van der Waals surface area contributed by atoms with Crippen molar-refractivity contribution in [1.29, 1.82) is 0 Å². The lowest BCUT2D eigenvalue weighted by molar-refractivity contribution is 0.0944. The number of fused-ring (bicyclic) bond motifs is 1. The second-order valence-electron chi connectivity index (χ2n) is 5.90. The summed E-state index contributed by atoms with van der Waals surface area (Å²) in [5, 5.41) is 10.7. The molecule has 1 amide bonds.